The lowest BCUT2D eigenvalue weighted by atomic mass is 9.89. The minimum atomic E-state index is -3.52. The smallest absolute Gasteiger partial charge is 0.308 e. The van der Waals surface area contributed by atoms with E-state index in [1.165, 1.54) is 14.2 Å². The van der Waals surface area contributed by atoms with Gasteiger partial charge in [-0.15, -0.1) is 0 Å². The Morgan fingerprint density at radius 1 is 0.553 bits per heavy atom. The van der Waals surface area contributed by atoms with Gasteiger partial charge in [0.1, 0.15) is 24.4 Å². The van der Waals surface area contributed by atoms with Crippen LogP contribution in [-0.2, 0) is 57.8 Å². The molecule has 6 rings (SSSR count). The molecule has 76 heavy (non-hydrogen) atoms. The van der Waals surface area contributed by atoms with Gasteiger partial charge in [0, 0.05) is 45.3 Å². The molecule has 0 saturated carbocycles. The molecule has 0 aromatic heterocycles. The molecule has 8 atom stereocenters. The zero-order chi connectivity index (χ0) is 56.1. The molecule has 416 valence electrons. The number of esters is 2. The van der Waals surface area contributed by atoms with Crippen molar-refractivity contribution >= 4 is 89.8 Å². The van der Waals surface area contributed by atoms with E-state index in [0.717, 1.165) is 0 Å². The van der Waals surface area contributed by atoms with Gasteiger partial charge in [-0.1, -0.05) is 109 Å². The van der Waals surface area contributed by atoms with Crippen molar-refractivity contribution < 1.29 is 55.0 Å². The molecule has 0 aliphatic carbocycles. The van der Waals surface area contributed by atoms with Crippen LogP contribution in [0.1, 0.15) is 86.1 Å². The number of methoxy groups -OCH3 is 2. The van der Waals surface area contributed by atoms with Crippen LogP contribution in [0, 0.1) is 0 Å². The molecule has 0 spiro atoms. The highest BCUT2D eigenvalue weighted by Gasteiger charge is 2.49. The first kappa shape index (κ1) is 62.5. The summed E-state index contributed by atoms with van der Waals surface area (Å²) >= 11 is 24.9. The number of benzene rings is 4. The van der Waals surface area contributed by atoms with Gasteiger partial charge in [0.2, 0.25) is 0 Å². The van der Waals surface area contributed by atoms with E-state index in [-0.39, 0.29) is 35.9 Å². The number of morpholine rings is 2. The van der Waals surface area contributed by atoms with Crippen LogP contribution in [0.15, 0.2) is 97.1 Å². The number of sulfone groups is 2. The average molecular weight is 1170 g/mol. The Balaban J connectivity index is 0.000000281. The van der Waals surface area contributed by atoms with Crippen molar-refractivity contribution in [3.05, 3.63) is 139 Å². The third kappa shape index (κ3) is 17.3. The maximum Gasteiger partial charge on any atom is 0.308 e. The maximum atomic E-state index is 14.0. The van der Waals surface area contributed by atoms with Crippen LogP contribution in [0.4, 0.5) is 0 Å². The fraction of sp³-hybridized carbons (Fsp3) is 0.481. The normalized spacial score (nSPS) is 21.0. The van der Waals surface area contributed by atoms with E-state index in [0.29, 0.717) is 68.3 Å². The number of halogens is 4. The minimum Gasteiger partial charge on any atom is -0.469 e. The Kier molecular flexibility index (Phi) is 23.4. The summed E-state index contributed by atoms with van der Waals surface area (Å²) in [4.78, 5) is 59.1. The minimum absolute atomic E-state index is 0.0377. The van der Waals surface area contributed by atoms with Crippen molar-refractivity contribution in [3.8, 4) is 0 Å². The van der Waals surface area contributed by atoms with Crippen LogP contribution in [-0.4, -0.2) is 163 Å². The van der Waals surface area contributed by atoms with E-state index >= 15 is 0 Å². The molecule has 2 aliphatic rings. The molecule has 22 heteroatoms. The van der Waals surface area contributed by atoms with E-state index < -0.39 is 92.0 Å². The predicted molar refractivity (Wildman–Crippen MR) is 296 cm³/mol. The van der Waals surface area contributed by atoms with Crippen molar-refractivity contribution in [1.29, 1.82) is 0 Å². The summed E-state index contributed by atoms with van der Waals surface area (Å²) in [7, 11) is 2.68. The second-order valence-corrected chi connectivity index (χ2v) is 25.4. The van der Waals surface area contributed by atoms with Gasteiger partial charge < -0.3 is 38.5 Å². The van der Waals surface area contributed by atoms with Crippen LogP contribution in [0.2, 0.25) is 20.1 Å². The lowest BCUT2D eigenvalue weighted by Crippen LogP contribution is -2.56. The number of hydrogen-bond acceptors (Lipinski definition) is 14. The monoisotopic (exact) mass is 1170 g/mol. The summed E-state index contributed by atoms with van der Waals surface area (Å²) in [6.07, 6.45) is -3.64. The summed E-state index contributed by atoms with van der Waals surface area (Å²) in [5.41, 5.74) is 2.81. The highest BCUT2D eigenvalue weighted by Crippen LogP contribution is 2.47. The Morgan fingerprint density at radius 2 is 0.895 bits per heavy atom. The van der Waals surface area contributed by atoms with Gasteiger partial charge in [-0.2, -0.15) is 0 Å². The third-order valence-electron chi connectivity index (χ3n) is 13.1. The Hall–Kier alpha value is -4.34. The van der Waals surface area contributed by atoms with E-state index in [2.05, 4.69) is 0 Å². The fourth-order valence-corrected chi connectivity index (χ4v) is 13.4. The zero-order valence-corrected chi connectivity index (χ0v) is 48.6. The topological polar surface area (TPSA) is 186 Å². The fourth-order valence-electron chi connectivity index (χ4n) is 9.14. The molecule has 2 saturated heterocycles. The summed E-state index contributed by atoms with van der Waals surface area (Å²) in [6, 6.07) is 25.5. The SMILES string of the molecule is CC[C@@H](CS(=O)(=O)CCN(C)C)N1C(=O)[C@@H](CC(=O)OC)O[C@H](c2cccc(Cl)c2)[C@H]1c1ccc(Cl)cc1.CC[C@@H](CS(=O)(=O)CCN(C)C)N1C(=O)[C@H](CC(=O)OC)O[C@H](c2cccc(Cl)c2)[C@H]1c1ccc(Cl)cc1. The van der Waals surface area contributed by atoms with Crippen LogP contribution in [0.5, 0.6) is 0 Å². The van der Waals surface area contributed by atoms with Gasteiger partial charge in [-0.25, -0.2) is 16.8 Å². The van der Waals surface area contributed by atoms with Crippen LogP contribution in [0.25, 0.3) is 0 Å². The van der Waals surface area contributed by atoms with Crippen LogP contribution >= 0.6 is 46.4 Å². The molecule has 0 unspecified atom stereocenters. The van der Waals surface area contributed by atoms with Crippen molar-refractivity contribution in [1.82, 2.24) is 19.6 Å². The van der Waals surface area contributed by atoms with Crippen molar-refractivity contribution in [2.45, 2.75) is 88.1 Å². The first-order chi connectivity index (χ1) is 35.9. The van der Waals surface area contributed by atoms with Gasteiger partial charge >= 0.3 is 11.9 Å². The second-order valence-electron chi connectivity index (χ2n) is 19.2. The van der Waals surface area contributed by atoms with Crippen molar-refractivity contribution in [2.24, 2.45) is 0 Å². The van der Waals surface area contributed by atoms with E-state index in [9.17, 15) is 36.0 Å². The molecule has 0 N–H and O–H groups in total. The quantitative estimate of drug-likeness (QED) is 0.0681. The van der Waals surface area contributed by atoms with E-state index in [1.807, 2.05) is 54.2 Å². The Morgan fingerprint density at radius 3 is 1.18 bits per heavy atom. The average Bonchev–Trinajstić information content (AvgIpc) is 3.37. The molecule has 2 fully saturated rings. The number of hydrogen-bond donors (Lipinski definition) is 0. The number of ether oxygens (including phenoxy) is 4. The summed E-state index contributed by atoms with van der Waals surface area (Å²) in [5, 5.41) is 1.99. The molecule has 2 amide bonds. The Labute approximate surface area is 467 Å². The van der Waals surface area contributed by atoms with Gasteiger partial charge in [0.25, 0.3) is 11.8 Å². The van der Waals surface area contributed by atoms with Crippen LogP contribution < -0.4 is 0 Å². The van der Waals surface area contributed by atoms with E-state index in [1.54, 1.807) is 105 Å². The third-order valence-corrected chi connectivity index (χ3v) is 17.5. The van der Waals surface area contributed by atoms with Gasteiger partial charge in [-0.3, -0.25) is 19.2 Å². The predicted octanol–water partition coefficient (Wildman–Crippen LogP) is 8.64. The first-order valence-corrected chi connectivity index (χ1v) is 29.9. The lowest BCUT2D eigenvalue weighted by molar-refractivity contribution is -0.183. The Bertz CT molecular complexity index is 2640. The molecule has 2 aliphatic heterocycles. The standard InChI is InChI=1S/2C27H34Cl2N2O6S/c2*1-5-22(17-38(34,35)14-13-30(2)3)31-25(18-9-11-20(28)12-10-18)26(19-7-6-8-21(29)15-19)37-23(27(31)33)16-24(32)36-4/h2*6-12,15,22-23,25-26H,5,13-14,16-17H2,1-4H3/t22-,23+,25+,26+;22-,23-,25+,26+/m00/s1. The summed E-state index contributed by atoms with van der Waals surface area (Å²) < 4.78 is 74.8. The largest absolute Gasteiger partial charge is 0.469 e. The summed E-state index contributed by atoms with van der Waals surface area (Å²) in [6.45, 7) is 4.42. The highest BCUT2D eigenvalue weighted by molar-refractivity contribution is 7.91. The first-order valence-electron chi connectivity index (χ1n) is 24.7. The number of amides is 2. The number of carbonyl (C=O) groups excluding carboxylic acids is 4. The van der Waals surface area contributed by atoms with Gasteiger partial charge in [-0.05, 0) is 112 Å². The lowest BCUT2D eigenvalue weighted by Gasteiger charge is -2.48. The molecular weight excluding hydrogens is 1100 g/mol. The zero-order valence-electron chi connectivity index (χ0n) is 43.9. The molecule has 4 aromatic carbocycles. The van der Waals surface area contributed by atoms with E-state index in [4.69, 9.17) is 65.4 Å². The van der Waals surface area contributed by atoms with Crippen molar-refractivity contribution in [2.75, 3.05) is 78.5 Å². The molecule has 4 aromatic rings. The maximum absolute atomic E-state index is 14.0. The second kappa shape index (κ2) is 28.5. The molecular formula is C54H68Cl4N4O12S2. The molecule has 0 radical (unpaired) electrons. The number of rotatable bonds is 22. The summed E-state index contributed by atoms with van der Waals surface area (Å²) in [5.74, 6) is -2.67. The molecule has 2 heterocycles. The van der Waals surface area contributed by atoms with Gasteiger partial charge in [0.15, 0.2) is 19.7 Å². The number of carbonyl (C=O) groups is 4. The molecule has 16 nitrogen and oxygen atoms in total. The number of nitrogens with zero attached hydrogens (tertiary/aromatic N) is 4. The van der Waals surface area contributed by atoms with Crippen molar-refractivity contribution in [3.63, 3.8) is 0 Å². The highest BCUT2D eigenvalue weighted by atomic mass is 35.5. The van der Waals surface area contributed by atoms with Gasteiger partial charge in [0.05, 0.1) is 62.2 Å². The molecule has 0 bridgehead atoms. The van der Waals surface area contributed by atoms with Crippen LogP contribution in [0.3, 0.4) is 0 Å².